The van der Waals surface area contributed by atoms with Crippen LogP contribution in [0, 0.1) is 0 Å². The van der Waals surface area contributed by atoms with Crippen LogP contribution < -0.4 is 17.0 Å². The third kappa shape index (κ3) is 8.08. The lowest BCUT2D eigenvalue weighted by atomic mass is 10.3. The van der Waals surface area contributed by atoms with Gasteiger partial charge in [0.15, 0.2) is 0 Å². The summed E-state index contributed by atoms with van der Waals surface area (Å²) in [7, 11) is 0. The fourth-order valence-electron chi connectivity index (χ4n) is 0.834. The van der Waals surface area contributed by atoms with Crippen LogP contribution in [0.3, 0.4) is 0 Å². The van der Waals surface area contributed by atoms with E-state index in [1.54, 1.807) is 11.8 Å². The van der Waals surface area contributed by atoms with E-state index >= 15 is 0 Å². The number of nitrogens with one attached hydrogen (secondary N) is 1. The number of nitrogens with two attached hydrogens (primary N) is 2. The maximum absolute atomic E-state index is 10.8. The molecule has 5 N–H and O–H groups in total. The van der Waals surface area contributed by atoms with Gasteiger partial charge < -0.3 is 5.73 Å². The van der Waals surface area contributed by atoms with Gasteiger partial charge in [-0.3, -0.25) is 10.2 Å². The number of hydrogen-bond donors (Lipinski definition) is 3. The third-order valence-electron chi connectivity index (χ3n) is 1.61. The van der Waals surface area contributed by atoms with Crippen molar-refractivity contribution in [2.24, 2.45) is 11.6 Å². The quantitative estimate of drug-likeness (QED) is 0.329. The average molecular weight is 205 g/mol. The SMILES string of the molecule is CC(N)CCSC(C)CC(=O)NN. The van der Waals surface area contributed by atoms with Crippen molar-refractivity contribution in [3.05, 3.63) is 0 Å². The second-order valence-electron chi connectivity index (χ2n) is 3.22. The van der Waals surface area contributed by atoms with Gasteiger partial charge in [0.05, 0.1) is 0 Å². The molecule has 0 bridgehead atoms. The van der Waals surface area contributed by atoms with Crippen molar-refractivity contribution in [2.75, 3.05) is 5.75 Å². The van der Waals surface area contributed by atoms with E-state index in [9.17, 15) is 4.79 Å². The molecule has 2 unspecified atom stereocenters. The summed E-state index contributed by atoms with van der Waals surface area (Å²) < 4.78 is 0. The highest BCUT2D eigenvalue weighted by Crippen LogP contribution is 2.15. The van der Waals surface area contributed by atoms with Crippen molar-refractivity contribution >= 4 is 17.7 Å². The number of hydrazine groups is 1. The summed E-state index contributed by atoms with van der Waals surface area (Å²) >= 11 is 1.75. The molecule has 5 heteroatoms. The van der Waals surface area contributed by atoms with Gasteiger partial charge in [-0.1, -0.05) is 6.92 Å². The monoisotopic (exact) mass is 205 g/mol. The molecule has 13 heavy (non-hydrogen) atoms. The summed E-state index contributed by atoms with van der Waals surface area (Å²) in [6, 6.07) is 0.239. The number of carbonyl (C=O) groups excluding carboxylic acids is 1. The topological polar surface area (TPSA) is 81.1 Å². The molecule has 0 rings (SSSR count). The summed E-state index contributed by atoms with van der Waals surface area (Å²) in [5.74, 6) is 5.85. The van der Waals surface area contributed by atoms with Crippen molar-refractivity contribution in [3.63, 3.8) is 0 Å². The molecular formula is C8H19N3OS. The fourth-order valence-corrected chi connectivity index (χ4v) is 2.01. The van der Waals surface area contributed by atoms with Crippen molar-refractivity contribution < 1.29 is 4.79 Å². The van der Waals surface area contributed by atoms with Gasteiger partial charge in [-0.15, -0.1) is 0 Å². The highest BCUT2D eigenvalue weighted by atomic mass is 32.2. The summed E-state index contributed by atoms with van der Waals surface area (Å²) in [6.45, 7) is 4.00. The summed E-state index contributed by atoms with van der Waals surface area (Å²) in [5, 5.41) is 0.308. The van der Waals surface area contributed by atoms with Crippen molar-refractivity contribution in [2.45, 2.75) is 38.0 Å². The maximum atomic E-state index is 10.8. The molecule has 0 saturated carbocycles. The van der Waals surface area contributed by atoms with Crippen molar-refractivity contribution in [3.8, 4) is 0 Å². The van der Waals surface area contributed by atoms with Crippen LogP contribution in [-0.4, -0.2) is 23.0 Å². The molecule has 0 fully saturated rings. The average Bonchev–Trinajstić information content (AvgIpc) is 2.03. The highest BCUT2D eigenvalue weighted by molar-refractivity contribution is 7.99. The van der Waals surface area contributed by atoms with Crippen LogP contribution in [0.5, 0.6) is 0 Å². The Hall–Kier alpha value is -0.260. The zero-order valence-electron chi connectivity index (χ0n) is 8.25. The van der Waals surface area contributed by atoms with Gasteiger partial charge in [0.25, 0.3) is 0 Å². The first kappa shape index (κ1) is 12.7. The van der Waals surface area contributed by atoms with E-state index in [-0.39, 0.29) is 11.9 Å². The van der Waals surface area contributed by atoms with Gasteiger partial charge in [-0.05, 0) is 19.1 Å². The van der Waals surface area contributed by atoms with Crippen LogP contribution >= 0.6 is 11.8 Å². The minimum absolute atomic E-state index is 0.110. The molecule has 1 amide bonds. The van der Waals surface area contributed by atoms with Crippen molar-refractivity contribution in [1.82, 2.24) is 5.43 Å². The molecule has 0 heterocycles. The Morgan fingerprint density at radius 3 is 2.62 bits per heavy atom. The Labute approximate surface area is 83.8 Å². The van der Waals surface area contributed by atoms with Gasteiger partial charge in [0.2, 0.25) is 5.91 Å². The number of amides is 1. The fraction of sp³-hybridized carbons (Fsp3) is 0.875. The van der Waals surface area contributed by atoms with E-state index in [1.165, 1.54) is 0 Å². The molecule has 0 aliphatic carbocycles. The first-order valence-corrected chi connectivity index (χ1v) is 5.47. The number of thioether (sulfide) groups is 1. The molecule has 0 aromatic carbocycles. The zero-order chi connectivity index (χ0) is 10.3. The Kier molecular flexibility index (Phi) is 7.03. The predicted octanol–water partition coefficient (Wildman–Crippen LogP) is 0.225. The summed E-state index contributed by atoms with van der Waals surface area (Å²) in [4.78, 5) is 10.8. The Bertz CT molecular complexity index is 152. The third-order valence-corrected chi connectivity index (χ3v) is 2.82. The van der Waals surface area contributed by atoms with Crippen LogP contribution in [0.25, 0.3) is 0 Å². The Morgan fingerprint density at radius 1 is 1.54 bits per heavy atom. The lowest BCUT2D eigenvalue weighted by Crippen LogP contribution is -2.31. The minimum atomic E-state index is -0.110. The Morgan fingerprint density at radius 2 is 2.15 bits per heavy atom. The molecule has 0 aliphatic rings. The smallest absolute Gasteiger partial charge is 0.234 e. The van der Waals surface area contributed by atoms with E-state index in [0.29, 0.717) is 11.7 Å². The zero-order valence-corrected chi connectivity index (χ0v) is 9.06. The first-order valence-electron chi connectivity index (χ1n) is 4.43. The number of carbonyl (C=O) groups is 1. The van der Waals surface area contributed by atoms with E-state index in [2.05, 4.69) is 5.43 Å². The van der Waals surface area contributed by atoms with Crippen LogP contribution in [0.1, 0.15) is 26.7 Å². The van der Waals surface area contributed by atoms with E-state index in [1.807, 2.05) is 13.8 Å². The van der Waals surface area contributed by atoms with Gasteiger partial charge >= 0.3 is 0 Å². The molecule has 0 spiro atoms. The molecule has 78 valence electrons. The van der Waals surface area contributed by atoms with E-state index in [4.69, 9.17) is 11.6 Å². The largest absolute Gasteiger partial charge is 0.328 e. The summed E-state index contributed by atoms with van der Waals surface area (Å²) in [5.41, 5.74) is 7.71. The maximum Gasteiger partial charge on any atom is 0.234 e. The standard InChI is InChI=1S/C8H19N3OS/c1-6(9)3-4-13-7(2)5-8(12)11-10/h6-7H,3-5,9-10H2,1-2H3,(H,11,12). The van der Waals surface area contributed by atoms with Gasteiger partial charge in [-0.2, -0.15) is 11.8 Å². The molecule has 0 radical (unpaired) electrons. The summed E-state index contributed by atoms with van der Waals surface area (Å²) in [6.07, 6.45) is 1.46. The highest BCUT2D eigenvalue weighted by Gasteiger charge is 2.08. The predicted molar refractivity (Wildman–Crippen MR) is 57.1 cm³/mol. The van der Waals surface area contributed by atoms with Crippen LogP contribution in [0.2, 0.25) is 0 Å². The van der Waals surface area contributed by atoms with Crippen LogP contribution in [-0.2, 0) is 4.79 Å². The van der Waals surface area contributed by atoms with Gasteiger partial charge in [0.1, 0.15) is 0 Å². The molecule has 2 atom stereocenters. The lowest BCUT2D eigenvalue weighted by Gasteiger charge is -2.10. The molecular weight excluding hydrogens is 186 g/mol. The molecule has 0 saturated heterocycles. The molecule has 0 aromatic heterocycles. The van der Waals surface area contributed by atoms with Crippen LogP contribution in [0.15, 0.2) is 0 Å². The van der Waals surface area contributed by atoms with Gasteiger partial charge in [-0.25, -0.2) is 5.84 Å². The molecule has 4 nitrogen and oxygen atoms in total. The second kappa shape index (κ2) is 7.17. The number of rotatable bonds is 6. The molecule has 0 aliphatic heterocycles. The van der Waals surface area contributed by atoms with Gasteiger partial charge in [0, 0.05) is 17.7 Å². The second-order valence-corrected chi connectivity index (χ2v) is 4.77. The van der Waals surface area contributed by atoms with E-state index in [0.717, 1.165) is 12.2 Å². The first-order chi connectivity index (χ1) is 6.06. The molecule has 0 aromatic rings. The minimum Gasteiger partial charge on any atom is -0.328 e. The van der Waals surface area contributed by atoms with Crippen molar-refractivity contribution in [1.29, 1.82) is 0 Å². The van der Waals surface area contributed by atoms with E-state index < -0.39 is 0 Å². The van der Waals surface area contributed by atoms with Crippen LogP contribution in [0.4, 0.5) is 0 Å². The lowest BCUT2D eigenvalue weighted by molar-refractivity contribution is -0.121. The normalized spacial score (nSPS) is 15.1. The number of hydrogen-bond acceptors (Lipinski definition) is 4. The Balaban J connectivity index is 3.40.